The molecule has 1 aromatic carbocycles. The van der Waals surface area contributed by atoms with Crippen molar-refractivity contribution < 1.29 is 4.79 Å². The molecule has 2 rings (SSSR count). The topological polar surface area (TPSA) is 40.9 Å². The summed E-state index contributed by atoms with van der Waals surface area (Å²) in [6, 6.07) is 8.64. The lowest BCUT2D eigenvalue weighted by molar-refractivity contribution is 0.0891. The van der Waals surface area contributed by atoms with Crippen molar-refractivity contribution in [2.45, 2.75) is 25.3 Å². The van der Waals surface area contributed by atoms with E-state index in [4.69, 9.17) is 5.73 Å². The molecule has 0 spiro atoms. The molecule has 1 N–H and O–H groups in total. The third-order valence-electron chi connectivity index (χ3n) is 2.96. The smallest absolute Gasteiger partial charge is 0.181 e. The molecule has 1 aliphatic carbocycles. The summed E-state index contributed by atoms with van der Waals surface area (Å²) in [5, 5.41) is 0. The molecule has 2 heteroatoms. The van der Waals surface area contributed by atoms with Crippen LogP contribution in [0.3, 0.4) is 0 Å². The number of carbonyl (C=O) groups is 1. The van der Waals surface area contributed by atoms with Crippen LogP contribution >= 0.6 is 0 Å². The molecule has 1 aromatic rings. The number of ketones is 1. The Kier molecular flexibility index (Phi) is 2.64. The Bertz CT molecular complexity index is 316. The second-order valence-corrected chi connectivity index (χ2v) is 3.90. The van der Waals surface area contributed by atoms with Gasteiger partial charge in [0.15, 0.2) is 5.78 Å². The number of hydrogen-bond donors (Lipinski definition) is 0. The van der Waals surface area contributed by atoms with Crippen molar-refractivity contribution in [2.75, 3.05) is 0 Å². The van der Waals surface area contributed by atoms with E-state index in [1.807, 2.05) is 18.2 Å². The summed E-state index contributed by atoms with van der Waals surface area (Å²) in [5.74, 6) is 0.290. The summed E-state index contributed by atoms with van der Waals surface area (Å²) >= 11 is 0. The highest BCUT2D eigenvalue weighted by atomic mass is 16.1. The summed E-state index contributed by atoms with van der Waals surface area (Å²) in [5.41, 5.74) is 8.50. The van der Waals surface area contributed by atoms with Crippen molar-refractivity contribution in [2.24, 2.45) is 5.92 Å². The average Bonchev–Trinajstić information content (AvgIpc) is 2.15. The Balaban J connectivity index is 2.07. The molecule has 0 bridgehead atoms. The SMILES string of the molecule is [NH]C(C(=O)c1ccccc1)C1CCC1. The third-order valence-corrected chi connectivity index (χ3v) is 2.96. The highest BCUT2D eigenvalue weighted by molar-refractivity contribution is 6.00. The van der Waals surface area contributed by atoms with Crippen LogP contribution in [-0.4, -0.2) is 11.8 Å². The van der Waals surface area contributed by atoms with Crippen molar-refractivity contribution in [1.82, 2.24) is 5.73 Å². The summed E-state index contributed by atoms with van der Waals surface area (Å²) in [6.45, 7) is 0. The van der Waals surface area contributed by atoms with Crippen molar-refractivity contribution in [3.63, 3.8) is 0 Å². The number of rotatable bonds is 3. The number of carbonyl (C=O) groups excluding carboxylic acids is 1. The minimum atomic E-state index is -0.536. The summed E-state index contributed by atoms with van der Waals surface area (Å²) in [7, 11) is 0. The van der Waals surface area contributed by atoms with Crippen LogP contribution in [-0.2, 0) is 0 Å². The van der Waals surface area contributed by atoms with Crippen LogP contribution in [0.1, 0.15) is 29.6 Å². The zero-order chi connectivity index (χ0) is 9.97. The summed E-state index contributed by atoms with van der Waals surface area (Å²) < 4.78 is 0. The zero-order valence-electron chi connectivity index (χ0n) is 8.07. The van der Waals surface area contributed by atoms with Crippen molar-refractivity contribution in [3.05, 3.63) is 35.9 Å². The fraction of sp³-hybridized carbons (Fsp3) is 0.417. The molecule has 0 heterocycles. The second kappa shape index (κ2) is 3.93. The van der Waals surface area contributed by atoms with Crippen molar-refractivity contribution in [1.29, 1.82) is 0 Å². The second-order valence-electron chi connectivity index (χ2n) is 3.90. The monoisotopic (exact) mass is 188 g/mol. The highest BCUT2D eigenvalue weighted by Crippen LogP contribution is 2.30. The first kappa shape index (κ1) is 9.41. The first-order valence-corrected chi connectivity index (χ1v) is 5.09. The standard InChI is InChI=1S/C12H14NO/c13-11(9-7-4-8-9)12(14)10-5-2-1-3-6-10/h1-3,5-6,9,11,13H,4,7-8H2. The van der Waals surface area contributed by atoms with Crippen LogP contribution in [0, 0.1) is 5.92 Å². The van der Waals surface area contributed by atoms with E-state index in [1.165, 1.54) is 6.42 Å². The van der Waals surface area contributed by atoms with Crippen LogP contribution in [0.4, 0.5) is 0 Å². The molecule has 1 saturated carbocycles. The first-order chi connectivity index (χ1) is 6.79. The van der Waals surface area contributed by atoms with Gasteiger partial charge in [-0.2, -0.15) is 0 Å². The van der Waals surface area contributed by atoms with Gasteiger partial charge in [0.1, 0.15) is 0 Å². The summed E-state index contributed by atoms with van der Waals surface area (Å²) in [4.78, 5) is 11.8. The normalized spacial score (nSPS) is 18.6. The Labute approximate surface area is 84.1 Å². The van der Waals surface area contributed by atoms with Gasteiger partial charge in [-0.05, 0) is 18.8 Å². The largest absolute Gasteiger partial charge is 0.292 e. The maximum Gasteiger partial charge on any atom is 0.181 e. The van der Waals surface area contributed by atoms with Gasteiger partial charge in [-0.1, -0.05) is 36.8 Å². The van der Waals surface area contributed by atoms with E-state index in [0.29, 0.717) is 11.5 Å². The molecular weight excluding hydrogens is 174 g/mol. The van der Waals surface area contributed by atoms with Gasteiger partial charge in [0.05, 0.1) is 6.04 Å². The van der Waals surface area contributed by atoms with Crippen molar-refractivity contribution in [3.8, 4) is 0 Å². The number of benzene rings is 1. The first-order valence-electron chi connectivity index (χ1n) is 5.09. The molecule has 0 aromatic heterocycles. The fourth-order valence-electron chi connectivity index (χ4n) is 1.77. The molecule has 73 valence electrons. The number of Topliss-reactive ketones (excluding diaryl/α,β-unsaturated/α-hetero) is 1. The van der Waals surface area contributed by atoms with Gasteiger partial charge >= 0.3 is 0 Å². The lowest BCUT2D eigenvalue weighted by Gasteiger charge is -2.29. The highest BCUT2D eigenvalue weighted by Gasteiger charge is 2.30. The Morgan fingerprint density at radius 1 is 1.29 bits per heavy atom. The molecular formula is C12H14NO. The minimum absolute atomic E-state index is 0.0182. The van der Waals surface area contributed by atoms with Gasteiger partial charge in [0, 0.05) is 5.56 Å². The lowest BCUT2D eigenvalue weighted by Crippen LogP contribution is -2.35. The van der Waals surface area contributed by atoms with Crippen LogP contribution < -0.4 is 5.73 Å². The van der Waals surface area contributed by atoms with Gasteiger partial charge in [0.2, 0.25) is 0 Å². The van der Waals surface area contributed by atoms with Crippen LogP contribution in [0.25, 0.3) is 0 Å². The van der Waals surface area contributed by atoms with E-state index in [9.17, 15) is 4.79 Å². The van der Waals surface area contributed by atoms with E-state index >= 15 is 0 Å². The Morgan fingerprint density at radius 2 is 1.93 bits per heavy atom. The number of hydrogen-bond acceptors (Lipinski definition) is 1. The Morgan fingerprint density at radius 3 is 2.43 bits per heavy atom. The molecule has 0 aliphatic heterocycles. The third kappa shape index (κ3) is 1.70. The van der Waals surface area contributed by atoms with Gasteiger partial charge in [-0.25, -0.2) is 5.73 Å². The average molecular weight is 188 g/mol. The van der Waals surface area contributed by atoms with Gasteiger partial charge in [-0.15, -0.1) is 0 Å². The predicted molar refractivity (Wildman–Crippen MR) is 55.0 cm³/mol. The fourth-order valence-corrected chi connectivity index (χ4v) is 1.77. The van der Waals surface area contributed by atoms with Crippen LogP contribution in [0.2, 0.25) is 0 Å². The maximum atomic E-state index is 11.8. The minimum Gasteiger partial charge on any atom is -0.292 e. The summed E-state index contributed by atoms with van der Waals surface area (Å²) in [6.07, 6.45) is 3.28. The molecule has 0 amide bonds. The molecule has 2 nitrogen and oxygen atoms in total. The maximum absolute atomic E-state index is 11.8. The molecule has 1 fully saturated rings. The Hall–Kier alpha value is -1.15. The molecule has 0 saturated heterocycles. The molecule has 1 unspecified atom stereocenters. The van der Waals surface area contributed by atoms with E-state index in [2.05, 4.69) is 0 Å². The molecule has 1 atom stereocenters. The van der Waals surface area contributed by atoms with Crippen LogP contribution in [0.15, 0.2) is 30.3 Å². The van der Waals surface area contributed by atoms with E-state index < -0.39 is 6.04 Å². The predicted octanol–water partition coefficient (Wildman–Crippen LogP) is 2.32. The quantitative estimate of drug-likeness (QED) is 0.671. The van der Waals surface area contributed by atoms with Crippen LogP contribution in [0.5, 0.6) is 0 Å². The molecule has 1 aliphatic rings. The lowest BCUT2D eigenvalue weighted by atomic mass is 9.77. The molecule has 1 radical (unpaired) electrons. The van der Waals surface area contributed by atoms with Gasteiger partial charge in [0.25, 0.3) is 0 Å². The number of nitrogens with one attached hydrogen (secondary N) is 1. The van der Waals surface area contributed by atoms with Crippen molar-refractivity contribution >= 4 is 5.78 Å². The zero-order valence-corrected chi connectivity index (χ0v) is 8.07. The van der Waals surface area contributed by atoms with E-state index in [0.717, 1.165) is 12.8 Å². The molecule has 14 heavy (non-hydrogen) atoms. The van der Waals surface area contributed by atoms with Gasteiger partial charge < -0.3 is 0 Å². The van der Waals surface area contributed by atoms with E-state index in [-0.39, 0.29) is 5.78 Å². The van der Waals surface area contributed by atoms with Gasteiger partial charge in [-0.3, -0.25) is 4.79 Å². The van der Waals surface area contributed by atoms with E-state index in [1.54, 1.807) is 12.1 Å².